The van der Waals surface area contributed by atoms with E-state index in [9.17, 15) is 9.59 Å². The van der Waals surface area contributed by atoms with E-state index in [1.54, 1.807) is 16.7 Å². The third-order valence-corrected chi connectivity index (χ3v) is 6.20. The van der Waals surface area contributed by atoms with Crippen molar-refractivity contribution in [2.45, 2.75) is 70.5 Å². The highest BCUT2D eigenvalue weighted by Crippen LogP contribution is 2.20. The lowest BCUT2D eigenvalue weighted by Crippen LogP contribution is -2.50. The Morgan fingerprint density at radius 3 is 2.27 bits per heavy atom. The topological polar surface area (TPSA) is 49.4 Å². The molecule has 2 aromatic rings. The summed E-state index contributed by atoms with van der Waals surface area (Å²) in [5.74, 6) is 0.643. The molecule has 162 valence electrons. The molecule has 30 heavy (non-hydrogen) atoms. The van der Waals surface area contributed by atoms with Gasteiger partial charge >= 0.3 is 0 Å². The third-order valence-electron chi connectivity index (χ3n) is 5.19. The lowest BCUT2D eigenvalue weighted by molar-refractivity contribution is -0.141. The predicted molar refractivity (Wildman–Crippen MR) is 125 cm³/mol. The van der Waals surface area contributed by atoms with Gasteiger partial charge in [0, 0.05) is 29.7 Å². The summed E-state index contributed by atoms with van der Waals surface area (Å²) in [5, 5.41) is 3.05. The number of carbonyl (C=O) groups excluding carboxylic acids is 2. The van der Waals surface area contributed by atoms with Crippen LogP contribution in [0.5, 0.6) is 0 Å². The number of hydrogen-bond acceptors (Lipinski definition) is 3. The van der Waals surface area contributed by atoms with E-state index in [1.165, 1.54) is 5.56 Å². The summed E-state index contributed by atoms with van der Waals surface area (Å²) < 4.78 is 0. The molecule has 0 aromatic heterocycles. The number of rotatable bonds is 11. The van der Waals surface area contributed by atoms with Gasteiger partial charge in [0.05, 0.1) is 0 Å². The Balaban J connectivity index is 2.12. The summed E-state index contributed by atoms with van der Waals surface area (Å²) in [7, 11) is 0. The average molecular weight is 427 g/mol. The van der Waals surface area contributed by atoms with Crippen molar-refractivity contribution in [2.75, 3.05) is 5.75 Å². The second kappa shape index (κ2) is 12.4. The van der Waals surface area contributed by atoms with Crippen LogP contribution in [0.2, 0.25) is 0 Å². The highest BCUT2D eigenvalue weighted by Gasteiger charge is 2.28. The Morgan fingerprint density at radius 1 is 1.00 bits per heavy atom. The molecule has 2 unspecified atom stereocenters. The number of carbonyl (C=O) groups is 2. The van der Waals surface area contributed by atoms with E-state index < -0.39 is 6.04 Å². The van der Waals surface area contributed by atoms with Crippen molar-refractivity contribution in [1.29, 1.82) is 0 Å². The Labute approximate surface area is 185 Å². The molecule has 0 aliphatic carbocycles. The molecule has 1 N–H and O–H groups in total. The number of amides is 2. The van der Waals surface area contributed by atoms with Crippen molar-refractivity contribution >= 4 is 23.6 Å². The quantitative estimate of drug-likeness (QED) is 0.503. The first-order valence-electron chi connectivity index (χ1n) is 10.8. The number of thioether (sulfide) groups is 1. The van der Waals surface area contributed by atoms with Gasteiger partial charge in [0.25, 0.3) is 0 Å². The van der Waals surface area contributed by atoms with Gasteiger partial charge in [-0.25, -0.2) is 0 Å². The van der Waals surface area contributed by atoms with Crippen LogP contribution in [0.25, 0.3) is 0 Å². The van der Waals surface area contributed by atoms with Gasteiger partial charge in [0.15, 0.2) is 0 Å². The summed E-state index contributed by atoms with van der Waals surface area (Å²) in [6, 6.07) is 17.9. The SMILES string of the molecule is CCC(C)NC(=O)C(CC)N(Cc1ccc(C)cc1)C(=O)CCSc1ccccc1. The van der Waals surface area contributed by atoms with Gasteiger partial charge in [-0.15, -0.1) is 11.8 Å². The van der Waals surface area contributed by atoms with Crippen LogP contribution in [0.3, 0.4) is 0 Å². The van der Waals surface area contributed by atoms with Crippen LogP contribution in [0.15, 0.2) is 59.5 Å². The molecular weight excluding hydrogens is 392 g/mol. The maximum atomic E-state index is 13.2. The van der Waals surface area contributed by atoms with Crippen LogP contribution in [0.4, 0.5) is 0 Å². The van der Waals surface area contributed by atoms with E-state index in [0.29, 0.717) is 25.1 Å². The molecular formula is C25H34N2O2S. The van der Waals surface area contributed by atoms with Crippen LogP contribution in [0, 0.1) is 6.92 Å². The summed E-state index contributed by atoms with van der Waals surface area (Å²) in [6.45, 7) is 8.49. The van der Waals surface area contributed by atoms with E-state index in [2.05, 4.69) is 5.32 Å². The number of hydrogen-bond donors (Lipinski definition) is 1. The summed E-state index contributed by atoms with van der Waals surface area (Å²) in [6.07, 6.45) is 1.85. The fraction of sp³-hybridized carbons (Fsp3) is 0.440. The zero-order valence-electron chi connectivity index (χ0n) is 18.6. The molecule has 2 rings (SSSR count). The number of aryl methyl sites for hydroxylation is 1. The zero-order chi connectivity index (χ0) is 21.9. The van der Waals surface area contributed by atoms with E-state index in [1.807, 2.05) is 82.3 Å². The van der Waals surface area contributed by atoms with Crippen LogP contribution in [-0.4, -0.2) is 34.6 Å². The van der Waals surface area contributed by atoms with Crippen molar-refractivity contribution < 1.29 is 9.59 Å². The van der Waals surface area contributed by atoms with Crippen molar-refractivity contribution in [2.24, 2.45) is 0 Å². The van der Waals surface area contributed by atoms with Gasteiger partial charge in [0.2, 0.25) is 11.8 Å². The maximum absolute atomic E-state index is 13.2. The first-order valence-corrected chi connectivity index (χ1v) is 11.8. The molecule has 0 aliphatic rings. The van der Waals surface area contributed by atoms with Crippen molar-refractivity contribution in [3.8, 4) is 0 Å². The first kappa shape index (κ1) is 24.0. The standard InChI is InChI=1S/C25H34N2O2S/c1-5-20(4)26-25(29)23(6-2)27(18-21-14-12-19(3)13-15-21)24(28)16-17-30-22-10-8-7-9-11-22/h7-15,20,23H,5-6,16-18H2,1-4H3,(H,26,29). The van der Waals surface area contributed by atoms with Crippen LogP contribution in [-0.2, 0) is 16.1 Å². The average Bonchev–Trinajstić information content (AvgIpc) is 2.75. The molecule has 2 atom stereocenters. The van der Waals surface area contributed by atoms with E-state index in [0.717, 1.165) is 16.9 Å². The van der Waals surface area contributed by atoms with E-state index in [-0.39, 0.29) is 17.9 Å². The van der Waals surface area contributed by atoms with E-state index >= 15 is 0 Å². The van der Waals surface area contributed by atoms with E-state index in [4.69, 9.17) is 0 Å². The molecule has 4 nitrogen and oxygen atoms in total. The molecule has 0 spiro atoms. The summed E-state index contributed by atoms with van der Waals surface area (Å²) in [5.41, 5.74) is 2.22. The molecule has 0 saturated carbocycles. The van der Waals surface area contributed by atoms with Crippen molar-refractivity contribution in [1.82, 2.24) is 10.2 Å². The summed E-state index contributed by atoms with van der Waals surface area (Å²) in [4.78, 5) is 29.0. The minimum atomic E-state index is -0.463. The molecule has 2 aromatic carbocycles. The van der Waals surface area contributed by atoms with Crippen LogP contribution >= 0.6 is 11.8 Å². The fourth-order valence-corrected chi connectivity index (χ4v) is 4.03. The lowest BCUT2D eigenvalue weighted by atomic mass is 10.1. The monoisotopic (exact) mass is 426 g/mol. The highest BCUT2D eigenvalue weighted by molar-refractivity contribution is 7.99. The Kier molecular flexibility index (Phi) is 9.95. The molecule has 0 bridgehead atoms. The van der Waals surface area contributed by atoms with Gasteiger partial charge in [0.1, 0.15) is 6.04 Å². The first-order chi connectivity index (χ1) is 14.4. The Morgan fingerprint density at radius 2 is 1.67 bits per heavy atom. The van der Waals surface area contributed by atoms with Crippen LogP contribution in [0.1, 0.15) is 51.2 Å². The molecule has 0 fully saturated rings. The number of nitrogens with zero attached hydrogens (tertiary/aromatic N) is 1. The van der Waals surface area contributed by atoms with Gasteiger partial charge in [-0.05, 0) is 44.4 Å². The molecule has 0 saturated heterocycles. The van der Waals surface area contributed by atoms with Gasteiger partial charge in [-0.1, -0.05) is 61.9 Å². The second-order valence-electron chi connectivity index (χ2n) is 7.66. The zero-order valence-corrected chi connectivity index (χ0v) is 19.4. The lowest BCUT2D eigenvalue weighted by Gasteiger charge is -2.31. The van der Waals surface area contributed by atoms with Crippen molar-refractivity contribution in [3.63, 3.8) is 0 Å². The van der Waals surface area contributed by atoms with Gasteiger partial charge < -0.3 is 10.2 Å². The maximum Gasteiger partial charge on any atom is 0.243 e. The van der Waals surface area contributed by atoms with Gasteiger partial charge in [-0.2, -0.15) is 0 Å². The molecule has 5 heteroatoms. The fourth-order valence-electron chi connectivity index (χ4n) is 3.17. The number of nitrogens with one attached hydrogen (secondary N) is 1. The highest BCUT2D eigenvalue weighted by atomic mass is 32.2. The molecule has 2 amide bonds. The predicted octanol–water partition coefficient (Wildman–Crippen LogP) is 5.20. The second-order valence-corrected chi connectivity index (χ2v) is 8.83. The Hall–Kier alpha value is -2.27. The molecule has 0 aliphatic heterocycles. The van der Waals surface area contributed by atoms with Gasteiger partial charge in [-0.3, -0.25) is 9.59 Å². The van der Waals surface area contributed by atoms with Crippen molar-refractivity contribution in [3.05, 3.63) is 65.7 Å². The normalized spacial score (nSPS) is 12.8. The molecule has 0 heterocycles. The Bertz CT molecular complexity index is 793. The number of benzene rings is 2. The minimum absolute atomic E-state index is 0.0187. The molecule has 0 radical (unpaired) electrons. The summed E-state index contributed by atoms with van der Waals surface area (Å²) >= 11 is 1.67. The minimum Gasteiger partial charge on any atom is -0.352 e. The third kappa shape index (κ3) is 7.52. The smallest absolute Gasteiger partial charge is 0.243 e. The van der Waals surface area contributed by atoms with Crippen LogP contribution < -0.4 is 5.32 Å². The largest absolute Gasteiger partial charge is 0.352 e.